The van der Waals surface area contributed by atoms with E-state index in [1.165, 1.54) is 12.8 Å². The van der Waals surface area contributed by atoms with E-state index in [2.05, 4.69) is 20.6 Å². The number of amides is 1. The van der Waals surface area contributed by atoms with Gasteiger partial charge in [0.2, 0.25) is 0 Å². The zero-order valence-corrected chi connectivity index (χ0v) is 14.4. The van der Waals surface area contributed by atoms with Crippen molar-refractivity contribution >= 4 is 5.91 Å². The van der Waals surface area contributed by atoms with E-state index in [9.17, 15) is 9.59 Å². The van der Waals surface area contributed by atoms with Gasteiger partial charge in [0.15, 0.2) is 0 Å². The molecule has 2 heterocycles. The normalized spacial score (nSPS) is 23.4. The molecule has 1 amide bonds. The smallest absolute Gasteiger partial charge is 0.271 e. The second-order valence-electron chi connectivity index (χ2n) is 7.23. The molecule has 2 aromatic rings. The van der Waals surface area contributed by atoms with Crippen molar-refractivity contribution in [2.24, 2.45) is 0 Å². The molecule has 132 valence electrons. The summed E-state index contributed by atoms with van der Waals surface area (Å²) >= 11 is 0. The summed E-state index contributed by atoms with van der Waals surface area (Å²) in [5.74, 6) is 0.401. The summed E-state index contributed by atoms with van der Waals surface area (Å²) in [4.78, 5) is 24.4. The third-order valence-electron chi connectivity index (χ3n) is 5.16. The van der Waals surface area contributed by atoms with Crippen molar-refractivity contribution in [3.05, 3.63) is 45.6 Å². The van der Waals surface area contributed by atoms with E-state index in [0.717, 1.165) is 37.1 Å². The average Bonchev–Trinajstić information content (AvgIpc) is 3.37. The van der Waals surface area contributed by atoms with Gasteiger partial charge in [-0.05, 0) is 57.6 Å². The van der Waals surface area contributed by atoms with Gasteiger partial charge in [-0.1, -0.05) is 0 Å². The molecule has 0 radical (unpaired) electrons. The SMILES string of the molecule is Cc1cc(C(=O)NC2CCC(n3nc(C4CC4)ccc3=O)CC2)n[nH]1. The number of nitrogens with one attached hydrogen (secondary N) is 2. The van der Waals surface area contributed by atoms with Crippen molar-refractivity contribution in [1.82, 2.24) is 25.3 Å². The highest BCUT2D eigenvalue weighted by Crippen LogP contribution is 2.38. The first-order valence-electron chi connectivity index (χ1n) is 9.03. The highest BCUT2D eigenvalue weighted by Gasteiger charge is 2.28. The van der Waals surface area contributed by atoms with E-state index in [1.54, 1.807) is 16.8 Å². The van der Waals surface area contributed by atoms with Crippen LogP contribution in [0.15, 0.2) is 23.0 Å². The zero-order chi connectivity index (χ0) is 17.4. The topological polar surface area (TPSA) is 92.7 Å². The Morgan fingerprint density at radius 1 is 1.20 bits per heavy atom. The van der Waals surface area contributed by atoms with E-state index in [4.69, 9.17) is 0 Å². The summed E-state index contributed by atoms with van der Waals surface area (Å²) in [5.41, 5.74) is 2.32. The molecule has 0 bridgehead atoms. The van der Waals surface area contributed by atoms with Gasteiger partial charge in [0, 0.05) is 23.7 Å². The molecule has 7 heteroatoms. The van der Waals surface area contributed by atoms with E-state index in [-0.39, 0.29) is 23.6 Å². The molecule has 0 unspecified atom stereocenters. The minimum atomic E-state index is -0.140. The molecular formula is C18H23N5O2. The van der Waals surface area contributed by atoms with Crippen LogP contribution in [0.25, 0.3) is 0 Å². The number of carbonyl (C=O) groups excluding carboxylic acids is 1. The molecule has 0 aliphatic heterocycles. The van der Waals surface area contributed by atoms with E-state index in [0.29, 0.717) is 11.6 Å². The van der Waals surface area contributed by atoms with Gasteiger partial charge in [-0.25, -0.2) is 4.68 Å². The van der Waals surface area contributed by atoms with Crippen LogP contribution in [-0.4, -0.2) is 31.9 Å². The first kappa shape index (κ1) is 16.1. The van der Waals surface area contributed by atoms with Crippen molar-refractivity contribution in [1.29, 1.82) is 0 Å². The number of carbonyl (C=O) groups is 1. The van der Waals surface area contributed by atoms with Crippen LogP contribution < -0.4 is 10.9 Å². The largest absolute Gasteiger partial charge is 0.348 e. The Kier molecular flexibility index (Phi) is 4.15. The number of hydrogen-bond acceptors (Lipinski definition) is 4. The van der Waals surface area contributed by atoms with E-state index >= 15 is 0 Å². The first-order valence-corrected chi connectivity index (χ1v) is 9.03. The number of rotatable bonds is 4. The Balaban J connectivity index is 1.37. The lowest BCUT2D eigenvalue weighted by atomic mass is 9.91. The van der Waals surface area contributed by atoms with Crippen molar-refractivity contribution in [3.63, 3.8) is 0 Å². The monoisotopic (exact) mass is 341 g/mol. The molecule has 2 saturated carbocycles. The summed E-state index contributed by atoms with van der Waals surface area (Å²) in [6, 6.07) is 5.52. The number of hydrogen-bond donors (Lipinski definition) is 2. The first-order chi connectivity index (χ1) is 12.1. The Bertz CT molecular complexity index is 828. The molecule has 2 fully saturated rings. The summed E-state index contributed by atoms with van der Waals surface area (Å²) in [6.07, 6.45) is 5.76. The van der Waals surface area contributed by atoms with Crippen LogP contribution in [0.1, 0.15) is 72.4 Å². The number of aromatic nitrogens is 4. The van der Waals surface area contributed by atoms with Gasteiger partial charge >= 0.3 is 0 Å². The Morgan fingerprint density at radius 2 is 1.96 bits per heavy atom. The quantitative estimate of drug-likeness (QED) is 0.890. The lowest BCUT2D eigenvalue weighted by Gasteiger charge is -2.29. The van der Waals surface area contributed by atoms with Gasteiger partial charge in [-0.2, -0.15) is 10.2 Å². The fourth-order valence-corrected chi connectivity index (χ4v) is 3.56. The van der Waals surface area contributed by atoms with Crippen molar-refractivity contribution < 1.29 is 4.79 Å². The molecule has 4 rings (SSSR count). The summed E-state index contributed by atoms with van der Waals surface area (Å²) in [7, 11) is 0. The molecule has 25 heavy (non-hydrogen) atoms. The highest BCUT2D eigenvalue weighted by molar-refractivity contribution is 5.92. The average molecular weight is 341 g/mol. The lowest BCUT2D eigenvalue weighted by Crippen LogP contribution is -2.39. The maximum atomic E-state index is 12.2. The van der Waals surface area contributed by atoms with Crippen LogP contribution in [0, 0.1) is 6.92 Å². The molecule has 0 spiro atoms. The summed E-state index contributed by atoms with van der Waals surface area (Å²) in [5, 5.41) is 14.4. The third-order valence-corrected chi connectivity index (χ3v) is 5.16. The summed E-state index contributed by atoms with van der Waals surface area (Å²) in [6.45, 7) is 1.87. The van der Waals surface area contributed by atoms with Gasteiger partial charge in [-0.3, -0.25) is 14.7 Å². The maximum absolute atomic E-state index is 12.2. The fourth-order valence-electron chi connectivity index (χ4n) is 3.56. The maximum Gasteiger partial charge on any atom is 0.271 e. The van der Waals surface area contributed by atoms with Gasteiger partial charge in [0.05, 0.1) is 11.7 Å². The number of aryl methyl sites for hydroxylation is 1. The van der Waals surface area contributed by atoms with E-state index < -0.39 is 0 Å². The van der Waals surface area contributed by atoms with Gasteiger partial charge < -0.3 is 5.32 Å². The van der Waals surface area contributed by atoms with Gasteiger partial charge in [0.1, 0.15) is 5.69 Å². The number of nitrogens with zero attached hydrogens (tertiary/aromatic N) is 3. The predicted octanol–water partition coefficient (Wildman–Crippen LogP) is 2.07. The molecule has 2 aliphatic carbocycles. The van der Waals surface area contributed by atoms with Crippen molar-refractivity contribution in [2.75, 3.05) is 0 Å². The van der Waals surface area contributed by atoms with Crippen LogP contribution in [0.3, 0.4) is 0 Å². The molecular weight excluding hydrogens is 318 g/mol. The van der Waals surface area contributed by atoms with Crippen LogP contribution in [-0.2, 0) is 0 Å². The molecule has 7 nitrogen and oxygen atoms in total. The molecule has 0 aromatic carbocycles. The molecule has 2 aliphatic rings. The second kappa shape index (κ2) is 6.46. The van der Waals surface area contributed by atoms with Crippen LogP contribution >= 0.6 is 0 Å². The van der Waals surface area contributed by atoms with Crippen LogP contribution in [0.5, 0.6) is 0 Å². The van der Waals surface area contributed by atoms with E-state index in [1.807, 2.05) is 13.0 Å². The summed E-state index contributed by atoms with van der Waals surface area (Å²) < 4.78 is 1.67. The van der Waals surface area contributed by atoms with Crippen LogP contribution in [0.2, 0.25) is 0 Å². The Hall–Kier alpha value is -2.44. The fraction of sp³-hybridized carbons (Fsp3) is 0.556. The minimum absolute atomic E-state index is 0.0242. The highest BCUT2D eigenvalue weighted by atomic mass is 16.2. The standard InChI is InChI=1S/C18H23N5O2/c1-11-10-16(21-20-11)18(25)19-13-4-6-14(7-5-13)23-17(24)9-8-15(22-23)12-2-3-12/h8-10,12-14H,2-7H2,1H3,(H,19,25)(H,20,21). The molecule has 0 atom stereocenters. The molecule has 0 saturated heterocycles. The van der Waals surface area contributed by atoms with Crippen molar-refractivity contribution in [2.45, 2.75) is 63.5 Å². The predicted molar refractivity (Wildman–Crippen MR) is 92.6 cm³/mol. The number of aromatic amines is 1. The van der Waals surface area contributed by atoms with Gasteiger partial charge in [-0.15, -0.1) is 0 Å². The molecule has 2 N–H and O–H groups in total. The number of H-pyrrole nitrogens is 1. The second-order valence-corrected chi connectivity index (χ2v) is 7.23. The zero-order valence-electron chi connectivity index (χ0n) is 14.4. The third kappa shape index (κ3) is 3.50. The Labute approximate surface area is 145 Å². The minimum Gasteiger partial charge on any atom is -0.348 e. The van der Waals surface area contributed by atoms with Gasteiger partial charge in [0.25, 0.3) is 11.5 Å². The van der Waals surface area contributed by atoms with Crippen LogP contribution in [0.4, 0.5) is 0 Å². The van der Waals surface area contributed by atoms with Crippen molar-refractivity contribution in [3.8, 4) is 0 Å². The lowest BCUT2D eigenvalue weighted by molar-refractivity contribution is 0.0916. The molecule has 2 aromatic heterocycles. The Morgan fingerprint density at radius 3 is 2.60 bits per heavy atom.